The summed E-state index contributed by atoms with van der Waals surface area (Å²) in [4.78, 5) is 14.2. The van der Waals surface area contributed by atoms with E-state index in [0.29, 0.717) is 12.6 Å². The van der Waals surface area contributed by atoms with Crippen molar-refractivity contribution >= 4 is 17.7 Å². The second kappa shape index (κ2) is 7.77. The molecule has 1 fully saturated rings. The Bertz CT molecular complexity index is 252. The van der Waals surface area contributed by atoms with Crippen molar-refractivity contribution in [3.8, 4) is 0 Å². The van der Waals surface area contributed by atoms with Crippen molar-refractivity contribution in [2.24, 2.45) is 5.73 Å². The summed E-state index contributed by atoms with van der Waals surface area (Å²) in [6.07, 6.45) is 9.30. The molecule has 1 aliphatic carbocycles. The predicted molar refractivity (Wildman–Crippen MR) is 75.1 cm³/mol. The highest BCUT2D eigenvalue weighted by Crippen LogP contribution is 2.24. The van der Waals surface area contributed by atoms with Gasteiger partial charge in [0, 0.05) is 12.6 Å². The van der Waals surface area contributed by atoms with Crippen molar-refractivity contribution in [1.29, 1.82) is 0 Å². The summed E-state index contributed by atoms with van der Waals surface area (Å²) < 4.78 is 0. The second-order valence-electron chi connectivity index (χ2n) is 4.61. The van der Waals surface area contributed by atoms with Crippen LogP contribution in [0.1, 0.15) is 32.1 Å². The Morgan fingerprint density at radius 1 is 1.59 bits per heavy atom. The average Bonchev–Trinajstić information content (AvgIpc) is 2.85. The molecule has 0 unspecified atom stereocenters. The molecule has 0 aromatic heterocycles. The first kappa shape index (κ1) is 14.6. The molecule has 0 spiro atoms. The van der Waals surface area contributed by atoms with Gasteiger partial charge < -0.3 is 10.6 Å². The molecular formula is C13H24N2OS. The normalized spacial score (nSPS) is 18.0. The Morgan fingerprint density at radius 2 is 2.24 bits per heavy atom. The molecule has 2 N–H and O–H groups in total. The van der Waals surface area contributed by atoms with E-state index in [2.05, 4.69) is 6.58 Å². The number of rotatable bonds is 7. The molecule has 0 bridgehead atoms. The lowest BCUT2D eigenvalue weighted by atomic mass is 10.1. The number of hydrogen-bond donors (Lipinski definition) is 1. The van der Waals surface area contributed by atoms with E-state index in [1.165, 1.54) is 12.8 Å². The van der Waals surface area contributed by atoms with Gasteiger partial charge in [-0.05, 0) is 31.3 Å². The molecular weight excluding hydrogens is 232 g/mol. The van der Waals surface area contributed by atoms with Crippen molar-refractivity contribution in [1.82, 2.24) is 4.90 Å². The first-order valence-electron chi connectivity index (χ1n) is 6.36. The van der Waals surface area contributed by atoms with E-state index in [1.54, 1.807) is 17.8 Å². The van der Waals surface area contributed by atoms with Gasteiger partial charge in [-0.2, -0.15) is 11.8 Å². The van der Waals surface area contributed by atoms with Crippen LogP contribution in [0, 0.1) is 0 Å². The molecule has 0 saturated heterocycles. The Kier molecular flexibility index (Phi) is 6.66. The molecule has 0 radical (unpaired) electrons. The fraction of sp³-hybridized carbons (Fsp3) is 0.769. The van der Waals surface area contributed by atoms with Crippen LogP contribution in [-0.4, -0.2) is 41.4 Å². The summed E-state index contributed by atoms with van der Waals surface area (Å²) in [5.41, 5.74) is 5.96. The first-order chi connectivity index (χ1) is 8.20. The maximum Gasteiger partial charge on any atom is 0.240 e. The van der Waals surface area contributed by atoms with E-state index < -0.39 is 0 Å². The molecule has 0 heterocycles. The summed E-state index contributed by atoms with van der Waals surface area (Å²) in [6, 6.07) is 0.0452. The molecule has 0 aliphatic heterocycles. The molecule has 1 amide bonds. The molecule has 1 aliphatic rings. The van der Waals surface area contributed by atoms with E-state index in [4.69, 9.17) is 5.73 Å². The number of nitrogens with two attached hydrogens (primary N) is 1. The number of carbonyl (C=O) groups is 1. The monoisotopic (exact) mass is 256 g/mol. The van der Waals surface area contributed by atoms with Crippen LogP contribution in [-0.2, 0) is 4.79 Å². The number of hydrogen-bond acceptors (Lipinski definition) is 3. The minimum atomic E-state index is -0.344. The van der Waals surface area contributed by atoms with Crippen LogP contribution in [0.25, 0.3) is 0 Å². The van der Waals surface area contributed by atoms with Crippen LogP contribution >= 0.6 is 11.8 Å². The van der Waals surface area contributed by atoms with Gasteiger partial charge in [-0.15, -0.1) is 6.58 Å². The molecule has 0 aromatic rings. The summed E-state index contributed by atoms with van der Waals surface area (Å²) in [6.45, 7) is 4.37. The van der Waals surface area contributed by atoms with Crippen molar-refractivity contribution < 1.29 is 4.79 Å². The molecule has 1 rings (SSSR count). The molecule has 1 atom stereocenters. The Balaban J connectivity index is 2.55. The standard InChI is InChI=1S/C13H24N2OS/c1-3-9-15(11-6-4-5-7-11)13(16)12(14)8-10-17-2/h3,11-12H,1,4-10,14H2,2H3/t12-/m1/s1. The highest BCUT2D eigenvalue weighted by atomic mass is 32.2. The minimum Gasteiger partial charge on any atom is -0.335 e. The number of carbonyl (C=O) groups excluding carboxylic acids is 1. The van der Waals surface area contributed by atoms with Gasteiger partial charge in [-0.3, -0.25) is 4.79 Å². The lowest BCUT2D eigenvalue weighted by molar-refractivity contribution is -0.134. The zero-order valence-electron chi connectivity index (χ0n) is 10.7. The minimum absolute atomic E-state index is 0.103. The van der Waals surface area contributed by atoms with Crippen molar-refractivity contribution in [2.75, 3.05) is 18.6 Å². The fourth-order valence-electron chi connectivity index (χ4n) is 2.36. The fourth-order valence-corrected chi connectivity index (χ4v) is 2.84. The first-order valence-corrected chi connectivity index (χ1v) is 7.76. The van der Waals surface area contributed by atoms with Gasteiger partial charge in [0.1, 0.15) is 0 Å². The molecule has 17 heavy (non-hydrogen) atoms. The molecule has 1 saturated carbocycles. The maximum atomic E-state index is 12.3. The van der Waals surface area contributed by atoms with Gasteiger partial charge in [-0.1, -0.05) is 18.9 Å². The number of thioether (sulfide) groups is 1. The van der Waals surface area contributed by atoms with Gasteiger partial charge in [0.15, 0.2) is 0 Å². The number of nitrogens with zero attached hydrogens (tertiary/aromatic N) is 1. The quantitative estimate of drug-likeness (QED) is 0.709. The van der Waals surface area contributed by atoms with Gasteiger partial charge in [0.2, 0.25) is 5.91 Å². The second-order valence-corrected chi connectivity index (χ2v) is 5.59. The Hall–Kier alpha value is -0.480. The largest absolute Gasteiger partial charge is 0.335 e. The highest BCUT2D eigenvalue weighted by Gasteiger charge is 2.28. The molecule has 0 aromatic carbocycles. The van der Waals surface area contributed by atoms with Crippen LogP contribution in [0.15, 0.2) is 12.7 Å². The number of amides is 1. The Labute approximate surface area is 109 Å². The van der Waals surface area contributed by atoms with Crippen LogP contribution in [0.5, 0.6) is 0 Å². The zero-order chi connectivity index (χ0) is 12.7. The van der Waals surface area contributed by atoms with E-state index >= 15 is 0 Å². The maximum absolute atomic E-state index is 12.3. The third-order valence-electron chi connectivity index (χ3n) is 3.32. The molecule has 98 valence electrons. The summed E-state index contributed by atoms with van der Waals surface area (Å²) in [5.74, 6) is 1.05. The summed E-state index contributed by atoms with van der Waals surface area (Å²) >= 11 is 1.73. The van der Waals surface area contributed by atoms with E-state index in [1.807, 2.05) is 11.2 Å². The van der Waals surface area contributed by atoms with Crippen LogP contribution in [0.2, 0.25) is 0 Å². The summed E-state index contributed by atoms with van der Waals surface area (Å²) in [5, 5.41) is 0. The van der Waals surface area contributed by atoms with Crippen LogP contribution in [0.3, 0.4) is 0 Å². The SMILES string of the molecule is C=CCN(C(=O)[C@H](N)CCSC)C1CCCC1. The molecule has 4 heteroatoms. The van der Waals surface area contributed by atoms with E-state index in [0.717, 1.165) is 25.0 Å². The van der Waals surface area contributed by atoms with Crippen molar-refractivity contribution in [2.45, 2.75) is 44.2 Å². The smallest absolute Gasteiger partial charge is 0.240 e. The van der Waals surface area contributed by atoms with Gasteiger partial charge in [0.05, 0.1) is 6.04 Å². The lowest BCUT2D eigenvalue weighted by Crippen LogP contribution is -2.48. The predicted octanol–water partition coefficient (Wildman–Crippen LogP) is 2.02. The van der Waals surface area contributed by atoms with Crippen molar-refractivity contribution in [3.05, 3.63) is 12.7 Å². The van der Waals surface area contributed by atoms with Crippen LogP contribution < -0.4 is 5.73 Å². The van der Waals surface area contributed by atoms with E-state index in [9.17, 15) is 4.79 Å². The Morgan fingerprint density at radius 3 is 2.76 bits per heavy atom. The van der Waals surface area contributed by atoms with E-state index in [-0.39, 0.29) is 11.9 Å². The van der Waals surface area contributed by atoms with Gasteiger partial charge >= 0.3 is 0 Å². The average molecular weight is 256 g/mol. The third-order valence-corrected chi connectivity index (χ3v) is 3.97. The topological polar surface area (TPSA) is 46.3 Å². The third kappa shape index (κ3) is 4.36. The zero-order valence-corrected chi connectivity index (χ0v) is 11.5. The highest BCUT2D eigenvalue weighted by molar-refractivity contribution is 7.98. The van der Waals surface area contributed by atoms with Crippen LogP contribution in [0.4, 0.5) is 0 Å². The van der Waals surface area contributed by atoms with Gasteiger partial charge in [0.25, 0.3) is 0 Å². The molecule has 3 nitrogen and oxygen atoms in total. The lowest BCUT2D eigenvalue weighted by Gasteiger charge is -2.30. The summed E-state index contributed by atoms with van der Waals surface area (Å²) in [7, 11) is 0. The van der Waals surface area contributed by atoms with Gasteiger partial charge in [-0.25, -0.2) is 0 Å². The van der Waals surface area contributed by atoms with Crippen molar-refractivity contribution in [3.63, 3.8) is 0 Å².